The van der Waals surface area contributed by atoms with Crippen LogP contribution in [0.4, 0.5) is 5.69 Å². The smallest absolute Gasteiger partial charge is 0.257 e. The van der Waals surface area contributed by atoms with Crippen LogP contribution in [0, 0.1) is 5.92 Å². The van der Waals surface area contributed by atoms with Gasteiger partial charge in [-0.15, -0.1) is 0 Å². The van der Waals surface area contributed by atoms with Crippen LogP contribution in [0.15, 0.2) is 36.4 Å². The molecule has 4 aliphatic rings. The first-order valence-electron chi connectivity index (χ1n) is 6.82. The molecule has 1 N–H and O–H groups in total. The van der Waals surface area contributed by atoms with Crippen molar-refractivity contribution in [2.45, 2.75) is 24.3 Å². The minimum atomic E-state index is -0.298. The summed E-state index contributed by atoms with van der Waals surface area (Å²) in [5.74, 6) is 0.557. The number of carbonyl (C=O) groups excluding carboxylic acids is 1. The molecule has 0 aliphatic carbocycles. The summed E-state index contributed by atoms with van der Waals surface area (Å²) in [5.41, 5.74) is 1.40. The molecule has 1 spiro atoms. The summed E-state index contributed by atoms with van der Waals surface area (Å²) >= 11 is 0. The van der Waals surface area contributed by atoms with Gasteiger partial charge in [0.05, 0.1) is 11.7 Å². The fourth-order valence-corrected chi connectivity index (χ4v) is 4.09. The molecule has 0 aromatic heterocycles. The molecule has 4 nitrogen and oxygen atoms in total. The highest BCUT2D eigenvalue weighted by Gasteiger charge is 2.63. The Morgan fingerprint density at radius 1 is 1.37 bits per heavy atom. The Kier molecular flexibility index (Phi) is 1.59. The van der Waals surface area contributed by atoms with E-state index in [1.54, 1.807) is 0 Å². The molecular formula is C15H14N2O2. The van der Waals surface area contributed by atoms with E-state index in [1.807, 2.05) is 29.2 Å². The van der Waals surface area contributed by atoms with Gasteiger partial charge in [-0.1, -0.05) is 18.2 Å². The lowest BCUT2D eigenvalue weighted by Gasteiger charge is -2.38. The molecule has 1 aromatic carbocycles. The molecule has 4 atom stereocenters. The Bertz CT molecular complexity index is 626. The van der Waals surface area contributed by atoms with Gasteiger partial charge < -0.3 is 15.0 Å². The van der Waals surface area contributed by atoms with E-state index >= 15 is 0 Å². The molecule has 2 bridgehead atoms. The summed E-state index contributed by atoms with van der Waals surface area (Å²) in [7, 11) is 0. The average Bonchev–Trinajstić information content (AvgIpc) is 3.08. The Labute approximate surface area is 111 Å². The Hall–Kier alpha value is -1.81. The molecule has 5 rings (SSSR count). The number of nitrogens with one attached hydrogen (secondary N) is 1. The third kappa shape index (κ3) is 1.03. The Morgan fingerprint density at radius 3 is 3.16 bits per heavy atom. The number of nitrogens with zero attached hydrogens (tertiary/aromatic N) is 1. The largest absolute Gasteiger partial charge is 0.362 e. The molecule has 4 aliphatic heterocycles. The number of benzene rings is 1. The quantitative estimate of drug-likeness (QED) is 0.715. The lowest BCUT2D eigenvalue weighted by atomic mass is 9.84. The second-order valence-electron chi connectivity index (χ2n) is 5.85. The summed E-state index contributed by atoms with van der Waals surface area (Å²) in [4.78, 5) is 14.6. The van der Waals surface area contributed by atoms with Crippen LogP contribution >= 0.6 is 0 Å². The molecule has 0 saturated carbocycles. The molecule has 1 amide bonds. The minimum Gasteiger partial charge on any atom is -0.362 e. The van der Waals surface area contributed by atoms with E-state index in [0.717, 1.165) is 24.2 Å². The lowest BCUT2D eigenvalue weighted by Crippen LogP contribution is -2.54. The zero-order valence-corrected chi connectivity index (χ0v) is 10.4. The van der Waals surface area contributed by atoms with E-state index < -0.39 is 0 Å². The number of hydrogen-bond donors (Lipinski definition) is 1. The highest BCUT2D eigenvalue weighted by Crippen LogP contribution is 2.52. The number of para-hydroxylation sites is 1. The first-order chi connectivity index (χ1) is 9.28. The molecule has 19 heavy (non-hydrogen) atoms. The number of anilines is 1. The SMILES string of the molecule is O=C1c2ccccc2N[C@@H]2N1C[C@H]1C[C@@H]3C=C[C@@]12O3. The Morgan fingerprint density at radius 2 is 2.26 bits per heavy atom. The average molecular weight is 254 g/mol. The van der Waals surface area contributed by atoms with E-state index in [0.29, 0.717) is 5.92 Å². The monoisotopic (exact) mass is 254 g/mol. The maximum absolute atomic E-state index is 12.6. The number of ether oxygens (including phenoxy) is 1. The number of rotatable bonds is 0. The summed E-state index contributed by atoms with van der Waals surface area (Å²) < 4.78 is 6.15. The summed E-state index contributed by atoms with van der Waals surface area (Å²) in [6.45, 7) is 0.797. The van der Waals surface area contributed by atoms with E-state index in [-0.39, 0.29) is 23.8 Å². The van der Waals surface area contributed by atoms with Crippen molar-refractivity contribution in [3.63, 3.8) is 0 Å². The highest BCUT2D eigenvalue weighted by atomic mass is 16.5. The van der Waals surface area contributed by atoms with Crippen LogP contribution in [0.25, 0.3) is 0 Å². The van der Waals surface area contributed by atoms with Gasteiger partial charge in [-0.25, -0.2) is 0 Å². The van der Waals surface area contributed by atoms with Crippen LogP contribution in [0.1, 0.15) is 16.8 Å². The van der Waals surface area contributed by atoms with Gasteiger partial charge >= 0.3 is 0 Å². The van der Waals surface area contributed by atoms with Gasteiger partial charge in [0.25, 0.3) is 5.91 Å². The van der Waals surface area contributed by atoms with Crippen LogP contribution in [0.2, 0.25) is 0 Å². The minimum absolute atomic E-state index is 0.0522. The van der Waals surface area contributed by atoms with Crippen molar-refractivity contribution in [2.24, 2.45) is 5.92 Å². The normalized spacial score (nSPS) is 40.9. The van der Waals surface area contributed by atoms with Gasteiger partial charge in [-0.3, -0.25) is 4.79 Å². The van der Waals surface area contributed by atoms with Crippen molar-refractivity contribution in [3.05, 3.63) is 42.0 Å². The number of carbonyl (C=O) groups is 1. The van der Waals surface area contributed by atoms with Crippen LogP contribution < -0.4 is 5.32 Å². The topological polar surface area (TPSA) is 41.6 Å². The predicted molar refractivity (Wildman–Crippen MR) is 69.7 cm³/mol. The molecule has 96 valence electrons. The first-order valence-corrected chi connectivity index (χ1v) is 6.82. The maximum atomic E-state index is 12.6. The third-order valence-corrected chi connectivity index (χ3v) is 4.95. The predicted octanol–water partition coefficient (Wildman–Crippen LogP) is 1.61. The Balaban J connectivity index is 1.66. The van der Waals surface area contributed by atoms with E-state index in [4.69, 9.17) is 4.74 Å². The molecule has 1 aromatic rings. The van der Waals surface area contributed by atoms with Crippen molar-refractivity contribution < 1.29 is 9.53 Å². The van der Waals surface area contributed by atoms with Gasteiger partial charge in [-0.2, -0.15) is 0 Å². The number of hydrogen-bond acceptors (Lipinski definition) is 3. The second-order valence-corrected chi connectivity index (χ2v) is 5.85. The standard InChI is InChI=1S/C15H14N2O2/c18-13-11-3-1-2-4-12(11)16-14-15-6-5-10(19-15)7-9(15)8-17(13)14/h1-6,9-10,14,16H,7-8H2/t9-,10+,14-,15-/m1/s1. The maximum Gasteiger partial charge on any atom is 0.257 e. The molecule has 0 unspecified atom stereocenters. The molecule has 4 heteroatoms. The molecule has 0 radical (unpaired) electrons. The van der Waals surface area contributed by atoms with Gasteiger partial charge in [0.2, 0.25) is 0 Å². The van der Waals surface area contributed by atoms with Gasteiger partial charge in [0.15, 0.2) is 0 Å². The fraction of sp³-hybridized carbons (Fsp3) is 0.400. The van der Waals surface area contributed by atoms with Gasteiger partial charge in [0.1, 0.15) is 11.8 Å². The lowest BCUT2D eigenvalue weighted by molar-refractivity contribution is -0.00255. The van der Waals surface area contributed by atoms with Gasteiger partial charge in [-0.05, 0) is 24.6 Å². The van der Waals surface area contributed by atoms with E-state index in [9.17, 15) is 4.79 Å². The van der Waals surface area contributed by atoms with Gasteiger partial charge in [0, 0.05) is 18.2 Å². The molecular weight excluding hydrogens is 240 g/mol. The zero-order chi connectivity index (χ0) is 12.6. The second kappa shape index (κ2) is 3.02. The van der Waals surface area contributed by atoms with Crippen LogP contribution in [-0.4, -0.2) is 35.2 Å². The highest BCUT2D eigenvalue weighted by molar-refractivity contribution is 6.02. The van der Waals surface area contributed by atoms with Crippen LogP contribution in [-0.2, 0) is 4.74 Å². The van der Waals surface area contributed by atoms with Crippen molar-refractivity contribution in [1.29, 1.82) is 0 Å². The summed E-state index contributed by atoms with van der Waals surface area (Å²) in [6, 6.07) is 7.73. The van der Waals surface area contributed by atoms with E-state index in [1.165, 1.54) is 0 Å². The van der Waals surface area contributed by atoms with Crippen molar-refractivity contribution in [1.82, 2.24) is 4.90 Å². The zero-order valence-electron chi connectivity index (χ0n) is 10.4. The van der Waals surface area contributed by atoms with E-state index in [2.05, 4.69) is 17.5 Å². The summed E-state index contributed by atoms with van der Waals surface area (Å²) in [6.07, 6.45) is 5.55. The first kappa shape index (κ1) is 10.0. The molecule has 2 fully saturated rings. The van der Waals surface area contributed by atoms with Crippen molar-refractivity contribution >= 4 is 11.6 Å². The third-order valence-electron chi connectivity index (χ3n) is 4.95. The fourth-order valence-electron chi connectivity index (χ4n) is 4.09. The number of amides is 1. The van der Waals surface area contributed by atoms with Crippen LogP contribution in [0.3, 0.4) is 0 Å². The van der Waals surface area contributed by atoms with Crippen LogP contribution in [0.5, 0.6) is 0 Å². The number of fused-ring (bicyclic) bond motifs is 3. The van der Waals surface area contributed by atoms with Crippen molar-refractivity contribution in [2.75, 3.05) is 11.9 Å². The van der Waals surface area contributed by atoms with Crippen molar-refractivity contribution in [3.8, 4) is 0 Å². The molecule has 4 heterocycles. The molecule has 2 saturated heterocycles. The summed E-state index contributed by atoms with van der Waals surface area (Å²) in [5, 5.41) is 3.51.